The summed E-state index contributed by atoms with van der Waals surface area (Å²) in [7, 11) is 0. The molecular weight excluding hydrogens is 198 g/mol. The highest BCUT2D eigenvalue weighted by atomic mass is 35.5. The lowest BCUT2D eigenvalue weighted by molar-refractivity contribution is -0.370. The molecule has 68 valence electrons. The van der Waals surface area contributed by atoms with Gasteiger partial charge in [0.2, 0.25) is 0 Å². The minimum absolute atomic E-state index is 0.351. The van der Waals surface area contributed by atoms with Gasteiger partial charge in [-0.05, 0) is 11.3 Å². The van der Waals surface area contributed by atoms with E-state index >= 15 is 0 Å². The maximum Gasteiger partial charge on any atom is 0.329 e. The van der Waals surface area contributed by atoms with Crippen LogP contribution in [0.15, 0.2) is 6.20 Å². The molecule has 7 N–H and O–H groups in total. The van der Waals surface area contributed by atoms with E-state index in [0.717, 1.165) is 4.88 Å². The standard InChI is InChI=1S/C6H10ClN3OS/c7-3(1-8)5(11)4-2-10-6(9)12-4/h2-3,5,11H,1,8H2,(H2,9,10)/p+2/t3-,5-/m0/s1. The van der Waals surface area contributed by atoms with Crippen LogP contribution in [0.4, 0.5) is 5.13 Å². The van der Waals surface area contributed by atoms with Crippen molar-refractivity contribution in [1.29, 1.82) is 0 Å². The van der Waals surface area contributed by atoms with E-state index in [4.69, 9.17) is 17.3 Å². The first-order chi connectivity index (χ1) is 5.65. The van der Waals surface area contributed by atoms with Crippen LogP contribution in [0.1, 0.15) is 11.0 Å². The number of aliphatic hydroxyl groups excluding tert-OH is 1. The predicted molar refractivity (Wildman–Crippen MR) is 47.6 cm³/mol. The van der Waals surface area contributed by atoms with Crippen LogP contribution in [-0.2, 0) is 0 Å². The first kappa shape index (κ1) is 9.73. The second-order valence-corrected chi connectivity index (χ2v) is 4.08. The van der Waals surface area contributed by atoms with Gasteiger partial charge in [-0.3, -0.25) is 5.73 Å². The van der Waals surface area contributed by atoms with Crippen LogP contribution in [0.25, 0.3) is 0 Å². The fourth-order valence-corrected chi connectivity index (χ4v) is 1.80. The summed E-state index contributed by atoms with van der Waals surface area (Å²) < 4.78 is 0. The van der Waals surface area contributed by atoms with Gasteiger partial charge >= 0.3 is 5.13 Å². The van der Waals surface area contributed by atoms with E-state index in [1.807, 2.05) is 0 Å². The van der Waals surface area contributed by atoms with E-state index in [1.165, 1.54) is 11.3 Å². The highest BCUT2D eigenvalue weighted by Gasteiger charge is 2.21. The van der Waals surface area contributed by atoms with Gasteiger partial charge in [0.1, 0.15) is 17.7 Å². The molecule has 0 radical (unpaired) electrons. The second-order valence-electron chi connectivity index (χ2n) is 2.41. The fraction of sp³-hybridized carbons (Fsp3) is 0.500. The summed E-state index contributed by atoms with van der Waals surface area (Å²) in [5.41, 5.74) is 9.06. The number of nitrogens with two attached hydrogens (primary N) is 1. The zero-order valence-electron chi connectivity index (χ0n) is 6.46. The largest absolute Gasteiger partial charge is 0.386 e. The third kappa shape index (κ3) is 2.07. The van der Waals surface area contributed by atoms with Crippen LogP contribution in [0.5, 0.6) is 0 Å². The molecule has 6 heteroatoms. The quantitative estimate of drug-likeness (QED) is 0.560. The van der Waals surface area contributed by atoms with Gasteiger partial charge in [0, 0.05) is 0 Å². The Balaban J connectivity index is 2.70. The molecule has 0 saturated heterocycles. The monoisotopic (exact) mass is 209 g/mol. The topological polar surface area (TPSA) is 88.0 Å². The average Bonchev–Trinajstić information content (AvgIpc) is 2.49. The van der Waals surface area contributed by atoms with Gasteiger partial charge in [0.05, 0.1) is 11.4 Å². The number of aromatic amines is 1. The Morgan fingerprint density at radius 1 is 1.83 bits per heavy atom. The molecule has 1 rings (SSSR count). The van der Waals surface area contributed by atoms with Gasteiger partial charge < -0.3 is 10.8 Å². The van der Waals surface area contributed by atoms with Gasteiger partial charge in [0.15, 0.2) is 0 Å². The minimum Gasteiger partial charge on any atom is -0.386 e. The normalized spacial score (nSPS) is 15.9. The first-order valence-corrected chi connectivity index (χ1v) is 4.78. The maximum atomic E-state index is 9.57. The van der Waals surface area contributed by atoms with Crippen LogP contribution in [0.3, 0.4) is 0 Å². The smallest absolute Gasteiger partial charge is 0.329 e. The minimum atomic E-state index is -0.678. The highest BCUT2D eigenvalue weighted by Crippen LogP contribution is 2.24. The molecule has 2 atom stereocenters. The van der Waals surface area contributed by atoms with E-state index in [-0.39, 0.29) is 5.38 Å². The number of anilines is 1. The Hall–Kier alpha value is -0.360. The maximum absolute atomic E-state index is 9.57. The van der Waals surface area contributed by atoms with Crippen molar-refractivity contribution in [3.63, 3.8) is 0 Å². The number of aromatic nitrogens is 1. The number of H-pyrrole nitrogens is 1. The third-order valence-corrected chi connectivity index (χ3v) is 2.88. The molecule has 1 aromatic heterocycles. The van der Waals surface area contributed by atoms with E-state index in [9.17, 15) is 5.11 Å². The SMILES string of the molecule is Nc1[nH+]cc([C@@H](O)[C@@H](Cl)C[NH3+])s1. The number of aliphatic hydroxyl groups is 1. The van der Waals surface area contributed by atoms with Crippen molar-refractivity contribution in [3.05, 3.63) is 11.1 Å². The molecule has 0 aliphatic rings. The second kappa shape index (κ2) is 4.04. The van der Waals surface area contributed by atoms with Crippen LogP contribution < -0.4 is 16.5 Å². The van der Waals surface area contributed by atoms with Crippen molar-refractivity contribution in [3.8, 4) is 0 Å². The van der Waals surface area contributed by atoms with Crippen LogP contribution in [0, 0.1) is 0 Å². The number of thiazole rings is 1. The molecule has 0 fully saturated rings. The summed E-state index contributed by atoms with van der Waals surface area (Å²) in [6.07, 6.45) is 0.984. The summed E-state index contributed by atoms with van der Waals surface area (Å²) in [5, 5.41) is 9.78. The summed E-state index contributed by atoms with van der Waals surface area (Å²) in [4.78, 5) is 3.53. The molecule has 0 spiro atoms. The van der Waals surface area contributed by atoms with E-state index < -0.39 is 6.10 Å². The van der Waals surface area contributed by atoms with Gasteiger partial charge in [-0.1, -0.05) is 0 Å². The molecule has 4 nitrogen and oxygen atoms in total. The summed E-state index contributed by atoms with van der Waals surface area (Å²) in [6.45, 7) is 0.487. The highest BCUT2D eigenvalue weighted by molar-refractivity contribution is 7.14. The van der Waals surface area contributed by atoms with Gasteiger partial charge in [-0.25, -0.2) is 4.98 Å². The first-order valence-electron chi connectivity index (χ1n) is 3.53. The molecule has 12 heavy (non-hydrogen) atoms. The number of hydrogen-bond donors (Lipinski definition) is 3. The molecule has 1 heterocycles. The number of alkyl halides is 1. The number of halogens is 1. The molecule has 0 aliphatic carbocycles. The fourth-order valence-electron chi connectivity index (χ4n) is 0.810. The average molecular weight is 210 g/mol. The number of nitrogens with one attached hydrogen (secondary N) is 1. The van der Waals surface area contributed by atoms with Crippen molar-refractivity contribution in [2.75, 3.05) is 12.3 Å². The van der Waals surface area contributed by atoms with Crippen LogP contribution in [-0.4, -0.2) is 17.0 Å². The van der Waals surface area contributed by atoms with E-state index in [1.54, 1.807) is 6.20 Å². The van der Waals surface area contributed by atoms with Crippen molar-refractivity contribution < 1.29 is 15.8 Å². The lowest BCUT2D eigenvalue weighted by Gasteiger charge is -2.09. The summed E-state index contributed by atoms with van der Waals surface area (Å²) in [6, 6.07) is 0. The Morgan fingerprint density at radius 2 is 2.50 bits per heavy atom. The molecule has 0 saturated carbocycles. The van der Waals surface area contributed by atoms with E-state index in [0.29, 0.717) is 11.7 Å². The van der Waals surface area contributed by atoms with Crippen molar-refractivity contribution >= 4 is 28.1 Å². The summed E-state index contributed by atoms with van der Waals surface area (Å²) >= 11 is 7.10. The van der Waals surface area contributed by atoms with Gasteiger partial charge in [-0.15, -0.1) is 11.6 Å². The zero-order valence-corrected chi connectivity index (χ0v) is 8.03. The number of hydrogen-bond acceptors (Lipinski definition) is 3. The lowest BCUT2D eigenvalue weighted by Crippen LogP contribution is -2.55. The van der Waals surface area contributed by atoms with Gasteiger partial charge in [-0.2, -0.15) is 0 Å². The molecule has 0 amide bonds. The van der Waals surface area contributed by atoms with E-state index in [2.05, 4.69) is 10.7 Å². The zero-order chi connectivity index (χ0) is 9.14. The van der Waals surface area contributed by atoms with Crippen LogP contribution in [0.2, 0.25) is 0 Å². The molecule has 1 aromatic rings. The van der Waals surface area contributed by atoms with Crippen molar-refractivity contribution in [1.82, 2.24) is 0 Å². The Kier molecular flexibility index (Phi) is 3.28. The Labute approximate surface area is 79.2 Å². The number of quaternary nitrogens is 1. The predicted octanol–water partition coefficient (Wildman–Crippen LogP) is -0.973. The number of nitrogen functional groups attached to an aromatic ring is 1. The summed E-state index contributed by atoms with van der Waals surface area (Å²) in [5.74, 6) is 0. The molecule has 0 unspecified atom stereocenters. The third-order valence-electron chi connectivity index (χ3n) is 1.49. The lowest BCUT2D eigenvalue weighted by atomic mass is 10.2. The van der Waals surface area contributed by atoms with Gasteiger partial charge in [0.25, 0.3) is 0 Å². The molecule has 0 bridgehead atoms. The Morgan fingerprint density at radius 3 is 2.92 bits per heavy atom. The van der Waals surface area contributed by atoms with Crippen molar-refractivity contribution in [2.45, 2.75) is 11.5 Å². The molecule has 0 aromatic carbocycles. The molecular formula is C6H12ClN3OS+2. The van der Waals surface area contributed by atoms with Crippen LogP contribution >= 0.6 is 22.9 Å². The molecule has 0 aliphatic heterocycles. The Bertz CT molecular complexity index is 255. The number of rotatable bonds is 3. The van der Waals surface area contributed by atoms with Crippen molar-refractivity contribution in [2.24, 2.45) is 0 Å².